The van der Waals surface area contributed by atoms with Crippen molar-refractivity contribution < 1.29 is 14.7 Å². The van der Waals surface area contributed by atoms with Gasteiger partial charge in [0, 0.05) is 10.6 Å². The summed E-state index contributed by atoms with van der Waals surface area (Å²) in [5.74, 6) is -1.47. The average Bonchev–Trinajstić information content (AvgIpc) is 2.49. The summed E-state index contributed by atoms with van der Waals surface area (Å²) < 4.78 is 0. The van der Waals surface area contributed by atoms with Crippen LogP contribution in [0.3, 0.4) is 0 Å². The van der Waals surface area contributed by atoms with Crippen LogP contribution in [0.5, 0.6) is 0 Å². The minimum Gasteiger partial charge on any atom is -0.478 e. The fourth-order valence-electron chi connectivity index (χ4n) is 1.89. The number of carboxylic acid groups (broad SMARTS) is 1. The first kappa shape index (κ1) is 15.8. The molecule has 0 saturated carbocycles. The van der Waals surface area contributed by atoms with Gasteiger partial charge in [0.1, 0.15) is 0 Å². The SMILES string of the molecule is CC(=Cc1ccccc1Cl)C(=O)Nc1ccccc1C(=O)O. The van der Waals surface area contributed by atoms with Crippen molar-refractivity contribution in [1.82, 2.24) is 0 Å². The van der Waals surface area contributed by atoms with E-state index in [9.17, 15) is 9.59 Å². The molecule has 2 N–H and O–H groups in total. The Balaban J connectivity index is 2.23. The molecule has 0 unspecified atom stereocenters. The van der Waals surface area contributed by atoms with E-state index in [1.54, 1.807) is 49.4 Å². The number of carbonyl (C=O) groups excluding carboxylic acids is 1. The number of nitrogens with one attached hydrogen (secondary N) is 1. The zero-order chi connectivity index (χ0) is 16.1. The van der Waals surface area contributed by atoms with E-state index < -0.39 is 5.97 Å². The molecule has 22 heavy (non-hydrogen) atoms. The highest BCUT2D eigenvalue weighted by molar-refractivity contribution is 6.32. The van der Waals surface area contributed by atoms with Crippen LogP contribution in [0.15, 0.2) is 54.1 Å². The van der Waals surface area contributed by atoms with Crippen molar-refractivity contribution in [1.29, 1.82) is 0 Å². The Labute approximate surface area is 133 Å². The highest BCUT2D eigenvalue weighted by atomic mass is 35.5. The zero-order valence-electron chi connectivity index (χ0n) is 11.8. The summed E-state index contributed by atoms with van der Waals surface area (Å²) in [6.07, 6.45) is 1.65. The number of rotatable bonds is 4. The van der Waals surface area contributed by atoms with Gasteiger partial charge in [-0.05, 0) is 36.8 Å². The number of carbonyl (C=O) groups is 2. The molecule has 0 aromatic heterocycles. The Morgan fingerprint density at radius 2 is 1.73 bits per heavy atom. The highest BCUT2D eigenvalue weighted by Crippen LogP contribution is 2.20. The topological polar surface area (TPSA) is 66.4 Å². The Morgan fingerprint density at radius 3 is 2.41 bits per heavy atom. The van der Waals surface area contributed by atoms with Crippen molar-refractivity contribution >= 4 is 35.2 Å². The molecule has 0 radical (unpaired) electrons. The molecule has 0 aliphatic heterocycles. The number of benzene rings is 2. The number of carboxylic acids is 1. The van der Waals surface area contributed by atoms with Crippen molar-refractivity contribution in [3.05, 3.63) is 70.3 Å². The molecule has 0 saturated heterocycles. The molecule has 4 nitrogen and oxygen atoms in total. The number of halogens is 1. The largest absolute Gasteiger partial charge is 0.478 e. The summed E-state index contributed by atoms with van der Waals surface area (Å²) >= 11 is 6.05. The van der Waals surface area contributed by atoms with Crippen LogP contribution in [0.4, 0.5) is 5.69 Å². The predicted octanol–water partition coefficient (Wildman–Crippen LogP) is 4.08. The van der Waals surface area contributed by atoms with Crippen LogP contribution in [0, 0.1) is 0 Å². The molecule has 112 valence electrons. The number of amides is 1. The van der Waals surface area contributed by atoms with Gasteiger partial charge in [-0.3, -0.25) is 4.79 Å². The van der Waals surface area contributed by atoms with Gasteiger partial charge in [-0.15, -0.1) is 0 Å². The predicted molar refractivity (Wildman–Crippen MR) is 87.1 cm³/mol. The molecule has 0 aliphatic rings. The smallest absolute Gasteiger partial charge is 0.337 e. The summed E-state index contributed by atoms with van der Waals surface area (Å²) in [6.45, 7) is 1.64. The second-order valence-electron chi connectivity index (χ2n) is 4.65. The van der Waals surface area contributed by atoms with Gasteiger partial charge in [-0.2, -0.15) is 0 Å². The van der Waals surface area contributed by atoms with Gasteiger partial charge in [0.05, 0.1) is 11.3 Å². The third-order valence-corrected chi connectivity index (χ3v) is 3.39. The lowest BCUT2D eigenvalue weighted by molar-refractivity contribution is -0.112. The van der Waals surface area contributed by atoms with Crippen LogP contribution in [0.1, 0.15) is 22.8 Å². The minimum absolute atomic E-state index is 0.0430. The Morgan fingerprint density at radius 1 is 1.09 bits per heavy atom. The molecule has 0 fully saturated rings. The number of para-hydroxylation sites is 1. The van der Waals surface area contributed by atoms with Crippen molar-refractivity contribution in [2.75, 3.05) is 5.32 Å². The van der Waals surface area contributed by atoms with E-state index in [0.717, 1.165) is 5.56 Å². The number of anilines is 1. The van der Waals surface area contributed by atoms with Gasteiger partial charge in [-0.1, -0.05) is 41.9 Å². The Bertz CT molecular complexity index is 753. The fourth-order valence-corrected chi connectivity index (χ4v) is 2.08. The van der Waals surface area contributed by atoms with Crippen molar-refractivity contribution in [2.24, 2.45) is 0 Å². The maximum absolute atomic E-state index is 12.2. The summed E-state index contributed by atoms with van der Waals surface area (Å²) in [4.78, 5) is 23.3. The molecule has 2 aromatic carbocycles. The van der Waals surface area contributed by atoms with E-state index in [2.05, 4.69) is 5.32 Å². The van der Waals surface area contributed by atoms with Crippen LogP contribution >= 0.6 is 11.6 Å². The number of hydrogen-bond donors (Lipinski definition) is 2. The first-order chi connectivity index (χ1) is 10.5. The van der Waals surface area contributed by atoms with Crippen molar-refractivity contribution in [3.8, 4) is 0 Å². The van der Waals surface area contributed by atoms with Crippen LogP contribution in [0.25, 0.3) is 6.08 Å². The number of hydrogen-bond acceptors (Lipinski definition) is 2. The van der Waals surface area contributed by atoms with Crippen LogP contribution in [-0.4, -0.2) is 17.0 Å². The molecule has 0 aliphatic carbocycles. The molecule has 2 rings (SSSR count). The lowest BCUT2D eigenvalue weighted by Gasteiger charge is -2.08. The quantitative estimate of drug-likeness (QED) is 0.835. The van der Waals surface area contributed by atoms with E-state index in [1.165, 1.54) is 6.07 Å². The van der Waals surface area contributed by atoms with Gasteiger partial charge < -0.3 is 10.4 Å². The van der Waals surface area contributed by atoms with Crippen LogP contribution in [0.2, 0.25) is 5.02 Å². The molecule has 0 heterocycles. The monoisotopic (exact) mass is 315 g/mol. The maximum Gasteiger partial charge on any atom is 0.337 e. The lowest BCUT2D eigenvalue weighted by atomic mass is 10.1. The molecule has 5 heteroatoms. The van der Waals surface area contributed by atoms with Gasteiger partial charge in [-0.25, -0.2) is 4.79 Å². The third kappa shape index (κ3) is 3.74. The van der Waals surface area contributed by atoms with E-state index in [0.29, 0.717) is 10.6 Å². The normalized spacial score (nSPS) is 11.1. The minimum atomic E-state index is -1.09. The first-order valence-electron chi connectivity index (χ1n) is 6.55. The molecule has 2 aromatic rings. The zero-order valence-corrected chi connectivity index (χ0v) is 12.6. The Kier molecular flexibility index (Phi) is 4.96. The third-order valence-electron chi connectivity index (χ3n) is 3.04. The number of aromatic carboxylic acids is 1. The molecule has 0 spiro atoms. The van der Waals surface area contributed by atoms with Crippen molar-refractivity contribution in [2.45, 2.75) is 6.92 Å². The lowest BCUT2D eigenvalue weighted by Crippen LogP contribution is -2.15. The standard InChI is InChI=1S/C17H14ClNO3/c1-11(10-12-6-2-4-8-14(12)18)16(20)19-15-9-5-3-7-13(15)17(21)22/h2-10H,1H3,(H,19,20)(H,21,22). The second-order valence-corrected chi connectivity index (χ2v) is 5.06. The average molecular weight is 316 g/mol. The van der Waals surface area contributed by atoms with Gasteiger partial charge in [0.25, 0.3) is 5.91 Å². The summed E-state index contributed by atoms with van der Waals surface area (Å²) in [5.41, 5.74) is 1.45. The van der Waals surface area contributed by atoms with Gasteiger partial charge in [0.15, 0.2) is 0 Å². The van der Waals surface area contributed by atoms with Crippen LogP contribution in [-0.2, 0) is 4.79 Å². The molecule has 1 amide bonds. The van der Waals surface area contributed by atoms with Gasteiger partial charge in [0.2, 0.25) is 0 Å². The maximum atomic E-state index is 12.2. The van der Waals surface area contributed by atoms with E-state index in [-0.39, 0.29) is 17.2 Å². The van der Waals surface area contributed by atoms with Gasteiger partial charge >= 0.3 is 5.97 Å². The summed E-state index contributed by atoms with van der Waals surface area (Å²) in [5, 5.41) is 12.2. The second kappa shape index (κ2) is 6.91. The van der Waals surface area contributed by atoms with E-state index in [4.69, 9.17) is 16.7 Å². The van der Waals surface area contributed by atoms with E-state index >= 15 is 0 Å². The molecule has 0 atom stereocenters. The van der Waals surface area contributed by atoms with Crippen LogP contribution < -0.4 is 5.32 Å². The summed E-state index contributed by atoms with van der Waals surface area (Å²) in [6, 6.07) is 13.4. The molecular formula is C17H14ClNO3. The molecule has 0 bridgehead atoms. The highest BCUT2D eigenvalue weighted by Gasteiger charge is 2.12. The van der Waals surface area contributed by atoms with Crippen molar-refractivity contribution in [3.63, 3.8) is 0 Å². The molecular weight excluding hydrogens is 302 g/mol. The van der Waals surface area contributed by atoms with E-state index in [1.807, 2.05) is 6.07 Å². The first-order valence-corrected chi connectivity index (χ1v) is 6.93. The summed E-state index contributed by atoms with van der Waals surface area (Å²) in [7, 11) is 0. The fraction of sp³-hybridized carbons (Fsp3) is 0.0588. The Hall–Kier alpha value is -2.59.